The molecule has 0 aliphatic rings. The normalized spacial score (nSPS) is 11.8. The van der Waals surface area contributed by atoms with Gasteiger partial charge in [-0.25, -0.2) is 4.39 Å². The Hall–Kier alpha value is -2.20. The molecule has 3 aromatic rings. The van der Waals surface area contributed by atoms with Gasteiger partial charge in [-0.2, -0.15) is 0 Å². The van der Waals surface area contributed by atoms with Gasteiger partial charge in [0, 0.05) is 6.04 Å². The van der Waals surface area contributed by atoms with Gasteiger partial charge in [-0.15, -0.1) is 12.4 Å². The van der Waals surface area contributed by atoms with Gasteiger partial charge < -0.3 is 11.1 Å². The first-order valence-electron chi connectivity index (χ1n) is 8.58. The van der Waals surface area contributed by atoms with Gasteiger partial charge in [0.15, 0.2) is 0 Å². The fourth-order valence-electron chi connectivity index (χ4n) is 2.98. The molecule has 0 radical (unpaired) electrons. The zero-order chi connectivity index (χ0) is 17.5. The standard InChI is InChI=1S/C22H23FN2.ClH/c23-20-13-11-17(12-14-20)21(24)15-16-25-22(18-7-3-1-4-8-18)19-9-5-2-6-10-19;/h1-14,21-22,25H,15-16,24H2;1H. The van der Waals surface area contributed by atoms with E-state index in [2.05, 4.69) is 53.8 Å². The van der Waals surface area contributed by atoms with Gasteiger partial charge in [-0.3, -0.25) is 0 Å². The number of hydrogen-bond donors (Lipinski definition) is 2. The first-order chi connectivity index (χ1) is 12.2. The van der Waals surface area contributed by atoms with Crippen molar-refractivity contribution in [3.8, 4) is 0 Å². The molecule has 3 rings (SSSR count). The SMILES string of the molecule is Cl.NC(CCNC(c1ccccc1)c1ccccc1)c1ccc(F)cc1. The molecule has 0 saturated heterocycles. The van der Waals surface area contributed by atoms with Crippen LogP contribution in [0.15, 0.2) is 84.9 Å². The fraction of sp³-hybridized carbons (Fsp3) is 0.182. The predicted octanol–water partition coefficient (Wildman–Crippen LogP) is 5.02. The van der Waals surface area contributed by atoms with Crippen LogP contribution < -0.4 is 11.1 Å². The summed E-state index contributed by atoms with van der Waals surface area (Å²) >= 11 is 0. The van der Waals surface area contributed by atoms with Gasteiger partial charge in [0.2, 0.25) is 0 Å². The zero-order valence-electron chi connectivity index (χ0n) is 14.5. The van der Waals surface area contributed by atoms with Gasteiger partial charge in [-0.05, 0) is 41.8 Å². The molecule has 3 aromatic carbocycles. The topological polar surface area (TPSA) is 38.0 Å². The fourth-order valence-corrected chi connectivity index (χ4v) is 2.98. The van der Waals surface area contributed by atoms with Crippen molar-refractivity contribution in [2.24, 2.45) is 5.73 Å². The predicted molar refractivity (Wildman–Crippen MR) is 108 cm³/mol. The molecule has 2 nitrogen and oxygen atoms in total. The summed E-state index contributed by atoms with van der Waals surface area (Å²) in [7, 11) is 0. The van der Waals surface area contributed by atoms with Crippen molar-refractivity contribution in [3.63, 3.8) is 0 Å². The minimum atomic E-state index is -0.234. The van der Waals surface area contributed by atoms with E-state index in [4.69, 9.17) is 5.73 Å². The lowest BCUT2D eigenvalue weighted by Gasteiger charge is -2.21. The van der Waals surface area contributed by atoms with E-state index in [0.717, 1.165) is 18.5 Å². The van der Waals surface area contributed by atoms with Crippen molar-refractivity contribution in [2.45, 2.75) is 18.5 Å². The highest BCUT2D eigenvalue weighted by Gasteiger charge is 2.14. The minimum absolute atomic E-state index is 0. The molecule has 1 unspecified atom stereocenters. The Morgan fingerprint density at radius 3 is 1.73 bits per heavy atom. The van der Waals surface area contributed by atoms with E-state index >= 15 is 0 Å². The van der Waals surface area contributed by atoms with E-state index in [-0.39, 0.29) is 30.3 Å². The van der Waals surface area contributed by atoms with Crippen molar-refractivity contribution in [3.05, 3.63) is 107 Å². The summed E-state index contributed by atoms with van der Waals surface area (Å²) in [5.74, 6) is -0.234. The Morgan fingerprint density at radius 1 is 0.731 bits per heavy atom. The molecule has 0 aliphatic heterocycles. The van der Waals surface area contributed by atoms with Crippen LogP contribution in [-0.2, 0) is 0 Å². The highest BCUT2D eigenvalue weighted by atomic mass is 35.5. The third kappa shape index (κ3) is 5.40. The van der Waals surface area contributed by atoms with Gasteiger partial charge in [0.05, 0.1) is 6.04 Å². The van der Waals surface area contributed by atoms with Crippen LogP contribution in [0.5, 0.6) is 0 Å². The van der Waals surface area contributed by atoms with E-state index < -0.39 is 0 Å². The summed E-state index contributed by atoms with van der Waals surface area (Å²) < 4.78 is 13.0. The molecule has 3 N–H and O–H groups in total. The quantitative estimate of drug-likeness (QED) is 0.613. The van der Waals surface area contributed by atoms with Gasteiger partial charge in [0.1, 0.15) is 5.82 Å². The van der Waals surface area contributed by atoms with Crippen LogP contribution in [0.4, 0.5) is 4.39 Å². The Morgan fingerprint density at radius 2 is 1.23 bits per heavy atom. The lowest BCUT2D eigenvalue weighted by atomic mass is 9.98. The Balaban J connectivity index is 0.00000243. The molecular formula is C22H24ClFN2. The molecule has 0 fully saturated rings. The van der Waals surface area contributed by atoms with E-state index in [1.807, 2.05) is 12.1 Å². The molecule has 0 amide bonds. The van der Waals surface area contributed by atoms with E-state index in [0.29, 0.717) is 0 Å². The van der Waals surface area contributed by atoms with Crippen LogP contribution in [-0.4, -0.2) is 6.54 Å². The second-order valence-electron chi connectivity index (χ2n) is 6.16. The largest absolute Gasteiger partial charge is 0.324 e. The van der Waals surface area contributed by atoms with Gasteiger partial charge in [-0.1, -0.05) is 72.8 Å². The van der Waals surface area contributed by atoms with E-state index in [1.165, 1.54) is 23.3 Å². The summed E-state index contributed by atoms with van der Waals surface area (Å²) in [6, 6.07) is 27.2. The van der Waals surface area contributed by atoms with Crippen molar-refractivity contribution < 1.29 is 4.39 Å². The van der Waals surface area contributed by atoms with E-state index in [1.54, 1.807) is 12.1 Å². The highest BCUT2D eigenvalue weighted by Crippen LogP contribution is 2.22. The third-order valence-corrected chi connectivity index (χ3v) is 4.37. The summed E-state index contributed by atoms with van der Waals surface area (Å²) in [6.07, 6.45) is 0.780. The van der Waals surface area contributed by atoms with Crippen LogP contribution in [0.3, 0.4) is 0 Å². The number of nitrogens with one attached hydrogen (secondary N) is 1. The molecule has 0 aliphatic carbocycles. The minimum Gasteiger partial charge on any atom is -0.324 e. The maximum absolute atomic E-state index is 13.0. The Labute approximate surface area is 160 Å². The molecule has 4 heteroatoms. The lowest BCUT2D eigenvalue weighted by Crippen LogP contribution is -2.26. The number of rotatable bonds is 7. The highest BCUT2D eigenvalue weighted by molar-refractivity contribution is 5.85. The molecule has 0 aromatic heterocycles. The van der Waals surface area contributed by atoms with Crippen LogP contribution in [0.25, 0.3) is 0 Å². The van der Waals surface area contributed by atoms with Crippen molar-refractivity contribution in [1.82, 2.24) is 5.32 Å². The van der Waals surface area contributed by atoms with Crippen LogP contribution in [0.1, 0.15) is 35.2 Å². The molecule has 0 saturated carbocycles. The maximum atomic E-state index is 13.0. The molecule has 0 spiro atoms. The smallest absolute Gasteiger partial charge is 0.123 e. The molecule has 1 atom stereocenters. The summed E-state index contributed by atoms with van der Waals surface area (Å²) in [6.45, 7) is 0.771. The molecule has 136 valence electrons. The van der Waals surface area contributed by atoms with Crippen LogP contribution >= 0.6 is 12.4 Å². The maximum Gasteiger partial charge on any atom is 0.123 e. The van der Waals surface area contributed by atoms with E-state index in [9.17, 15) is 4.39 Å². The van der Waals surface area contributed by atoms with Gasteiger partial charge in [0.25, 0.3) is 0 Å². The summed E-state index contributed by atoms with van der Waals surface area (Å²) in [4.78, 5) is 0. The van der Waals surface area contributed by atoms with Crippen molar-refractivity contribution in [1.29, 1.82) is 0 Å². The molecule has 0 bridgehead atoms. The van der Waals surface area contributed by atoms with Crippen LogP contribution in [0, 0.1) is 5.82 Å². The number of nitrogens with two attached hydrogens (primary N) is 1. The lowest BCUT2D eigenvalue weighted by molar-refractivity contribution is 0.540. The molecule has 26 heavy (non-hydrogen) atoms. The van der Waals surface area contributed by atoms with Crippen molar-refractivity contribution >= 4 is 12.4 Å². The molecular weight excluding hydrogens is 347 g/mol. The van der Waals surface area contributed by atoms with Crippen LogP contribution in [0.2, 0.25) is 0 Å². The average molecular weight is 371 g/mol. The average Bonchev–Trinajstić information content (AvgIpc) is 2.67. The first kappa shape index (κ1) is 20.1. The summed E-state index contributed by atoms with van der Waals surface area (Å²) in [5.41, 5.74) is 9.66. The number of benzene rings is 3. The second-order valence-corrected chi connectivity index (χ2v) is 6.16. The molecule has 0 heterocycles. The Kier molecular flexibility index (Phi) is 7.79. The first-order valence-corrected chi connectivity index (χ1v) is 8.58. The monoisotopic (exact) mass is 370 g/mol. The number of halogens is 2. The second kappa shape index (κ2) is 10.1. The zero-order valence-corrected chi connectivity index (χ0v) is 15.3. The van der Waals surface area contributed by atoms with Crippen molar-refractivity contribution in [2.75, 3.05) is 6.54 Å². The Bertz CT molecular complexity index is 724. The third-order valence-electron chi connectivity index (χ3n) is 4.37. The van der Waals surface area contributed by atoms with Gasteiger partial charge >= 0.3 is 0 Å². The number of hydrogen-bond acceptors (Lipinski definition) is 2. The summed E-state index contributed by atoms with van der Waals surface area (Å²) in [5, 5.41) is 3.61.